The third kappa shape index (κ3) is 3.04. The molecule has 8 heteroatoms. The van der Waals surface area contributed by atoms with E-state index in [-0.39, 0.29) is 12.2 Å². The predicted molar refractivity (Wildman–Crippen MR) is 62.9 cm³/mol. The van der Waals surface area contributed by atoms with Gasteiger partial charge in [-0.3, -0.25) is 0 Å². The van der Waals surface area contributed by atoms with Crippen LogP contribution in [0.25, 0.3) is 11.5 Å². The number of nitrogens with zero attached hydrogens (tertiary/aromatic N) is 1. The maximum absolute atomic E-state index is 13.6. The maximum atomic E-state index is 13.6. The first-order valence-electron chi connectivity index (χ1n) is 5.84. The lowest BCUT2D eigenvalue weighted by Crippen LogP contribution is -2.14. The summed E-state index contributed by atoms with van der Waals surface area (Å²) in [5.41, 5.74) is -1.82. The van der Waals surface area contributed by atoms with Crippen LogP contribution in [0.5, 0.6) is 0 Å². The Morgan fingerprint density at radius 2 is 2.00 bits per heavy atom. The Bertz CT molecular complexity index is 664. The number of rotatable bonds is 3. The van der Waals surface area contributed by atoms with E-state index < -0.39 is 35.3 Å². The Hall–Kier alpha value is -2.38. The monoisotopic (exact) mass is 303 g/mol. The second-order valence-corrected chi connectivity index (χ2v) is 3.89. The average Bonchev–Trinajstić information content (AvgIpc) is 2.84. The van der Waals surface area contributed by atoms with Gasteiger partial charge in [-0.2, -0.15) is 13.2 Å². The molecule has 0 saturated heterocycles. The third-order valence-electron chi connectivity index (χ3n) is 2.46. The van der Waals surface area contributed by atoms with Crippen LogP contribution >= 0.6 is 0 Å². The van der Waals surface area contributed by atoms with Crippen molar-refractivity contribution in [2.75, 3.05) is 6.61 Å². The highest BCUT2D eigenvalue weighted by atomic mass is 19.4. The van der Waals surface area contributed by atoms with Crippen molar-refractivity contribution in [1.82, 2.24) is 4.98 Å². The zero-order valence-electron chi connectivity index (χ0n) is 10.7. The van der Waals surface area contributed by atoms with Crippen LogP contribution in [-0.4, -0.2) is 17.6 Å². The SMILES string of the molecule is CCOC(=O)c1oc(-c2ccccc2F)nc1C(F)(F)F. The third-order valence-corrected chi connectivity index (χ3v) is 2.46. The van der Waals surface area contributed by atoms with Crippen molar-refractivity contribution in [2.45, 2.75) is 13.1 Å². The molecule has 0 spiro atoms. The molecule has 0 aliphatic rings. The van der Waals surface area contributed by atoms with Crippen LogP contribution in [0.4, 0.5) is 17.6 Å². The quantitative estimate of drug-likeness (QED) is 0.641. The summed E-state index contributed by atoms with van der Waals surface area (Å²) in [5.74, 6) is -3.85. The number of oxazole rings is 1. The fraction of sp³-hybridized carbons (Fsp3) is 0.231. The Kier molecular flexibility index (Phi) is 3.97. The molecule has 0 bridgehead atoms. The van der Waals surface area contributed by atoms with E-state index in [1.165, 1.54) is 25.1 Å². The summed E-state index contributed by atoms with van der Waals surface area (Å²) in [6, 6.07) is 4.99. The minimum atomic E-state index is -4.92. The van der Waals surface area contributed by atoms with Gasteiger partial charge in [0.05, 0.1) is 12.2 Å². The Morgan fingerprint density at radius 1 is 1.33 bits per heavy atom. The average molecular weight is 303 g/mol. The minimum absolute atomic E-state index is 0.133. The van der Waals surface area contributed by atoms with E-state index in [4.69, 9.17) is 4.42 Å². The Labute approximate surface area is 116 Å². The number of hydrogen-bond donors (Lipinski definition) is 0. The number of hydrogen-bond acceptors (Lipinski definition) is 4. The van der Waals surface area contributed by atoms with Crippen molar-refractivity contribution >= 4 is 5.97 Å². The smallest absolute Gasteiger partial charge is 0.437 e. The van der Waals surface area contributed by atoms with E-state index in [1.54, 1.807) is 0 Å². The number of benzene rings is 1. The fourth-order valence-electron chi connectivity index (χ4n) is 1.60. The molecule has 0 fully saturated rings. The standard InChI is InChI=1S/C13H9F4NO3/c1-2-20-12(19)9-10(13(15,16)17)18-11(21-9)7-5-3-4-6-8(7)14/h3-6H,2H2,1H3. The lowest BCUT2D eigenvalue weighted by atomic mass is 10.2. The van der Waals surface area contributed by atoms with Crippen LogP contribution < -0.4 is 0 Å². The largest absolute Gasteiger partial charge is 0.460 e. The molecule has 2 rings (SSSR count). The van der Waals surface area contributed by atoms with Gasteiger partial charge in [0.25, 0.3) is 0 Å². The topological polar surface area (TPSA) is 52.3 Å². The molecule has 0 aliphatic carbocycles. The number of aromatic nitrogens is 1. The van der Waals surface area contributed by atoms with Crippen LogP contribution in [0.3, 0.4) is 0 Å². The molecule has 1 aromatic heterocycles. The van der Waals surface area contributed by atoms with Gasteiger partial charge in [0.2, 0.25) is 11.7 Å². The second-order valence-electron chi connectivity index (χ2n) is 3.89. The summed E-state index contributed by atoms with van der Waals surface area (Å²) in [4.78, 5) is 14.7. The minimum Gasteiger partial charge on any atom is -0.460 e. The van der Waals surface area contributed by atoms with Crippen LogP contribution in [0.15, 0.2) is 28.7 Å². The molecule has 0 unspecified atom stereocenters. The summed E-state index contributed by atoms with van der Waals surface area (Å²) >= 11 is 0. The van der Waals surface area contributed by atoms with Crippen LogP contribution in [0.1, 0.15) is 23.2 Å². The molecule has 112 valence electrons. The normalized spacial score (nSPS) is 11.5. The van der Waals surface area contributed by atoms with E-state index in [1.807, 2.05) is 0 Å². The van der Waals surface area contributed by atoms with Crippen LogP contribution in [0.2, 0.25) is 0 Å². The predicted octanol–water partition coefficient (Wildman–Crippen LogP) is 3.68. The maximum Gasteiger partial charge on any atom is 0.437 e. The van der Waals surface area contributed by atoms with Crippen molar-refractivity contribution in [3.8, 4) is 11.5 Å². The first-order valence-corrected chi connectivity index (χ1v) is 5.84. The molecule has 0 radical (unpaired) electrons. The Balaban J connectivity index is 2.56. The van der Waals surface area contributed by atoms with Gasteiger partial charge in [-0.1, -0.05) is 12.1 Å². The van der Waals surface area contributed by atoms with Gasteiger partial charge in [-0.25, -0.2) is 14.2 Å². The van der Waals surface area contributed by atoms with Crippen molar-refractivity contribution in [3.63, 3.8) is 0 Å². The van der Waals surface area contributed by atoms with E-state index in [2.05, 4.69) is 9.72 Å². The van der Waals surface area contributed by atoms with Gasteiger partial charge in [0.1, 0.15) is 5.82 Å². The molecule has 0 N–H and O–H groups in total. The first-order chi connectivity index (χ1) is 9.84. The summed E-state index contributed by atoms with van der Waals surface area (Å²) in [6.45, 7) is 1.30. The van der Waals surface area contributed by atoms with Crippen LogP contribution in [0, 0.1) is 5.82 Å². The van der Waals surface area contributed by atoms with Gasteiger partial charge in [0.15, 0.2) is 5.69 Å². The molecule has 2 aromatic rings. The van der Waals surface area contributed by atoms with Crippen molar-refractivity contribution in [2.24, 2.45) is 0 Å². The van der Waals surface area contributed by atoms with Crippen molar-refractivity contribution in [1.29, 1.82) is 0 Å². The summed E-state index contributed by atoms with van der Waals surface area (Å²) in [6.07, 6.45) is -4.92. The summed E-state index contributed by atoms with van der Waals surface area (Å²) < 4.78 is 61.4. The van der Waals surface area contributed by atoms with E-state index in [0.717, 1.165) is 6.07 Å². The molecule has 0 saturated carbocycles. The first kappa shape index (κ1) is 15.0. The van der Waals surface area contributed by atoms with E-state index >= 15 is 0 Å². The molecular formula is C13H9F4NO3. The van der Waals surface area contributed by atoms with Crippen molar-refractivity contribution in [3.05, 3.63) is 41.5 Å². The highest BCUT2D eigenvalue weighted by Crippen LogP contribution is 2.35. The summed E-state index contributed by atoms with van der Waals surface area (Å²) in [7, 11) is 0. The molecule has 0 atom stereocenters. The number of halogens is 4. The van der Waals surface area contributed by atoms with Gasteiger partial charge in [-0.05, 0) is 19.1 Å². The number of ether oxygens (including phenoxy) is 1. The molecule has 0 aliphatic heterocycles. The van der Waals surface area contributed by atoms with Gasteiger partial charge >= 0.3 is 12.1 Å². The van der Waals surface area contributed by atoms with Gasteiger partial charge in [0, 0.05) is 0 Å². The summed E-state index contributed by atoms with van der Waals surface area (Å²) in [5, 5.41) is 0. The van der Waals surface area contributed by atoms with Gasteiger partial charge in [-0.15, -0.1) is 0 Å². The highest BCUT2D eigenvalue weighted by molar-refractivity contribution is 5.88. The molecular weight excluding hydrogens is 294 g/mol. The second kappa shape index (κ2) is 5.55. The number of esters is 1. The molecule has 1 aromatic carbocycles. The zero-order chi connectivity index (χ0) is 15.6. The fourth-order valence-corrected chi connectivity index (χ4v) is 1.60. The van der Waals surface area contributed by atoms with E-state index in [9.17, 15) is 22.4 Å². The number of carbonyl (C=O) groups excluding carboxylic acids is 1. The molecule has 4 nitrogen and oxygen atoms in total. The van der Waals surface area contributed by atoms with Gasteiger partial charge < -0.3 is 9.15 Å². The zero-order valence-corrected chi connectivity index (χ0v) is 10.7. The number of alkyl halides is 3. The van der Waals surface area contributed by atoms with Crippen LogP contribution in [-0.2, 0) is 10.9 Å². The number of carbonyl (C=O) groups is 1. The van der Waals surface area contributed by atoms with E-state index in [0.29, 0.717) is 0 Å². The molecule has 21 heavy (non-hydrogen) atoms. The van der Waals surface area contributed by atoms with Crippen molar-refractivity contribution < 1.29 is 31.5 Å². The molecule has 0 amide bonds. The highest BCUT2D eigenvalue weighted by Gasteiger charge is 2.42. The Morgan fingerprint density at radius 3 is 2.57 bits per heavy atom. The lowest BCUT2D eigenvalue weighted by Gasteiger charge is -2.03. The molecule has 1 heterocycles. The lowest BCUT2D eigenvalue weighted by molar-refractivity contribution is -0.141.